The third-order valence-electron chi connectivity index (χ3n) is 2.45. The normalized spacial score (nSPS) is 30.8. The van der Waals surface area contributed by atoms with Gasteiger partial charge in [0.05, 0.1) is 0 Å². The Morgan fingerprint density at radius 1 is 1.58 bits per heavy atom. The molecule has 1 fully saturated rings. The van der Waals surface area contributed by atoms with Crippen molar-refractivity contribution in [2.24, 2.45) is 5.92 Å². The van der Waals surface area contributed by atoms with Crippen LogP contribution in [0.15, 0.2) is 0 Å². The van der Waals surface area contributed by atoms with Crippen LogP contribution in [0.3, 0.4) is 0 Å². The van der Waals surface area contributed by atoms with Gasteiger partial charge in [0, 0.05) is 0 Å². The molecule has 0 saturated carbocycles. The average Bonchev–Trinajstić information content (AvgIpc) is 2.03. The standard InChI is InChI=1S/C9H17INO/c1-7-5-4-6-11(8(2)12)9(7)10-3/h7,9H,4-6H2,1-3H3/q-1. The predicted molar refractivity (Wildman–Crippen MR) is 45.5 cm³/mol. The number of carbonyl (C=O) groups excluding carboxylic acids is 1. The van der Waals surface area contributed by atoms with E-state index in [1.807, 2.05) is 0 Å². The Kier molecular flexibility index (Phi) is 3.80. The molecular formula is C9H17INO-. The van der Waals surface area contributed by atoms with Crippen LogP contribution in [0.2, 0.25) is 0 Å². The Balaban J connectivity index is 2.64. The third-order valence-corrected chi connectivity index (χ3v) is 5.63. The number of piperidine rings is 1. The van der Waals surface area contributed by atoms with Gasteiger partial charge in [0.1, 0.15) is 0 Å². The fourth-order valence-electron chi connectivity index (χ4n) is 1.82. The first kappa shape index (κ1) is 10.3. The number of amides is 1. The second-order valence-electron chi connectivity index (χ2n) is 3.42. The first-order valence-corrected chi connectivity index (χ1v) is 7.82. The Bertz CT molecular complexity index is 172. The first-order chi connectivity index (χ1) is 5.66. The van der Waals surface area contributed by atoms with Crippen LogP contribution in [0.5, 0.6) is 0 Å². The zero-order chi connectivity index (χ0) is 9.14. The van der Waals surface area contributed by atoms with Crippen molar-refractivity contribution in [1.82, 2.24) is 4.90 Å². The van der Waals surface area contributed by atoms with Gasteiger partial charge in [-0.15, -0.1) is 0 Å². The van der Waals surface area contributed by atoms with E-state index < -0.39 is 0 Å². The van der Waals surface area contributed by atoms with Crippen LogP contribution in [-0.2, 0) is 4.79 Å². The quantitative estimate of drug-likeness (QED) is 0.319. The fraction of sp³-hybridized carbons (Fsp3) is 0.889. The molecule has 1 aliphatic rings. The molecule has 0 spiro atoms. The van der Waals surface area contributed by atoms with Crippen molar-refractivity contribution in [3.8, 4) is 0 Å². The average molecular weight is 282 g/mol. The van der Waals surface area contributed by atoms with E-state index in [4.69, 9.17) is 0 Å². The Labute approximate surface area is 85.0 Å². The van der Waals surface area contributed by atoms with Crippen molar-refractivity contribution in [2.45, 2.75) is 30.7 Å². The van der Waals surface area contributed by atoms with Crippen molar-refractivity contribution in [1.29, 1.82) is 0 Å². The van der Waals surface area contributed by atoms with E-state index in [-0.39, 0.29) is 27.1 Å². The van der Waals surface area contributed by atoms with Crippen LogP contribution in [-0.4, -0.2) is 26.3 Å². The summed E-state index contributed by atoms with van der Waals surface area (Å²) >= 11 is 0.177. The van der Waals surface area contributed by atoms with Gasteiger partial charge in [0.25, 0.3) is 0 Å². The van der Waals surface area contributed by atoms with Crippen LogP contribution >= 0.6 is 0 Å². The van der Waals surface area contributed by atoms with Gasteiger partial charge in [0.2, 0.25) is 0 Å². The van der Waals surface area contributed by atoms with Gasteiger partial charge in [0.15, 0.2) is 0 Å². The van der Waals surface area contributed by atoms with Crippen molar-refractivity contribution >= 4 is 5.91 Å². The molecule has 12 heavy (non-hydrogen) atoms. The van der Waals surface area contributed by atoms with E-state index in [0.717, 1.165) is 12.5 Å². The molecule has 2 nitrogen and oxygen atoms in total. The number of hydrogen-bond acceptors (Lipinski definition) is 1. The molecule has 2 atom stereocenters. The zero-order valence-corrected chi connectivity index (χ0v) is 10.2. The summed E-state index contributed by atoms with van der Waals surface area (Å²) in [6, 6.07) is 0. The number of rotatable bonds is 1. The maximum atomic E-state index is 11.3. The molecule has 0 bridgehead atoms. The second-order valence-corrected chi connectivity index (χ2v) is 5.94. The second kappa shape index (κ2) is 4.44. The van der Waals surface area contributed by atoms with E-state index >= 15 is 0 Å². The van der Waals surface area contributed by atoms with E-state index in [0.29, 0.717) is 4.05 Å². The summed E-state index contributed by atoms with van der Waals surface area (Å²) in [7, 11) is 0. The summed E-state index contributed by atoms with van der Waals surface area (Å²) < 4.78 is 0.607. The number of nitrogens with zero attached hydrogens (tertiary/aromatic N) is 1. The molecule has 0 aromatic heterocycles. The Morgan fingerprint density at radius 2 is 2.25 bits per heavy atom. The molecule has 0 aromatic rings. The predicted octanol–water partition coefficient (Wildman–Crippen LogP) is -1.69. The minimum atomic E-state index is 0.177. The topological polar surface area (TPSA) is 20.3 Å². The molecule has 1 saturated heterocycles. The minimum absolute atomic E-state index is 0.177. The molecule has 0 N–H and O–H groups in total. The summed E-state index contributed by atoms with van der Waals surface area (Å²) in [5.74, 6) is 1.01. The van der Waals surface area contributed by atoms with Gasteiger partial charge < -0.3 is 0 Å². The molecule has 1 amide bonds. The number of carbonyl (C=O) groups is 1. The van der Waals surface area contributed by atoms with Gasteiger partial charge in [-0.25, -0.2) is 0 Å². The number of alkyl halides is 2. The third kappa shape index (κ3) is 2.12. The van der Waals surface area contributed by atoms with Gasteiger partial charge in [-0.2, -0.15) is 0 Å². The van der Waals surface area contributed by atoms with Crippen molar-refractivity contribution in [3.63, 3.8) is 0 Å². The van der Waals surface area contributed by atoms with Gasteiger partial charge >= 0.3 is 84.9 Å². The van der Waals surface area contributed by atoms with Crippen LogP contribution < -0.4 is 21.2 Å². The summed E-state index contributed by atoms with van der Waals surface area (Å²) in [5, 5.41) is 0. The van der Waals surface area contributed by atoms with Gasteiger partial charge in [-0.1, -0.05) is 0 Å². The monoisotopic (exact) mass is 282 g/mol. The van der Waals surface area contributed by atoms with Crippen LogP contribution in [0, 0.1) is 5.92 Å². The maximum absolute atomic E-state index is 11.3. The molecular weight excluding hydrogens is 265 g/mol. The zero-order valence-electron chi connectivity index (χ0n) is 8.01. The van der Waals surface area contributed by atoms with Crippen molar-refractivity contribution < 1.29 is 26.0 Å². The molecule has 1 rings (SSSR count). The van der Waals surface area contributed by atoms with Crippen molar-refractivity contribution in [2.75, 3.05) is 11.5 Å². The molecule has 72 valence electrons. The van der Waals surface area contributed by atoms with E-state index in [1.54, 1.807) is 6.92 Å². The SMILES string of the molecule is C[I-]C1C(C)CCCN1C(C)=O. The first-order valence-electron chi connectivity index (χ1n) is 4.42. The molecule has 0 radical (unpaired) electrons. The van der Waals surface area contributed by atoms with Crippen molar-refractivity contribution in [3.05, 3.63) is 0 Å². The van der Waals surface area contributed by atoms with Crippen LogP contribution in [0.25, 0.3) is 0 Å². The molecule has 0 aromatic carbocycles. The molecule has 3 heteroatoms. The van der Waals surface area contributed by atoms with E-state index in [1.165, 1.54) is 12.8 Å². The summed E-state index contributed by atoms with van der Waals surface area (Å²) in [6.07, 6.45) is 2.50. The fourth-order valence-corrected chi connectivity index (χ4v) is 4.75. The number of halogens is 1. The summed E-state index contributed by atoms with van der Waals surface area (Å²) in [4.78, 5) is 15.6. The number of likely N-dealkylation sites (tertiary alicyclic amines) is 1. The van der Waals surface area contributed by atoms with Crippen LogP contribution in [0.4, 0.5) is 0 Å². The van der Waals surface area contributed by atoms with E-state index in [2.05, 4.69) is 16.8 Å². The Morgan fingerprint density at radius 3 is 2.67 bits per heavy atom. The summed E-state index contributed by atoms with van der Waals surface area (Å²) in [5.41, 5.74) is 0. The van der Waals surface area contributed by atoms with Crippen LogP contribution in [0.1, 0.15) is 26.7 Å². The molecule has 1 heterocycles. The van der Waals surface area contributed by atoms with E-state index in [9.17, 15) is 4.79 Å². The Hall–Kier alpha value is 0.200. The van der Waals surface area contributed by atoms with Gasteiger partial charge in [-0.05, 0) is 0 Å². The molecule has 1 aliphatic heterocycles. The summed E-state index contributed by atoms with van der Waals surface area (Å²) in [6.45, 7) is 4.98. The molecule has 2 unspecified atom stereocenters. The molecule has 0 aliphatic carbocycles. The van der Waals surface area contributed by atoms with Gasteiger partial charge in [-0.3, -0.25) is 0 Å². The number of hydrogen-bond donors (Lipinski definition) is 0.